The molecule has 120 valence electrons. The zero-order chi connectivity index (χ0) is 15.9. The molecule has 1 aromatic rings. The number of carbonyl (C=O) groups is 2. The number of amides is 3. The molecule has 1 fully saturated rings. The number of rotatable bonds is 6. The smallest absolute Gasteiger partial charge is 0.319 e. The number of primary amides is 1. The molecule has 1 aliphatic carbocycles. The van der Waals surface area contributed by atoms with Crippen LogP contribution in [0.3, 0.4) is 0 Å². The predicted octanol–water partition coefficient (Wildman–Crippen LogP) is 3.11. The summed E-state index contributed by atoms with van der Waals surface area (Å²) in [5, 5.41) is 6.22. The number of carbonyl (C=O) groups excluding carboxylic acids is 2. The highest BCUT2D eigenvalue weighted by atomic mass is 32.2. The molecule has 0 radical (unpaired) electrons. The van der Waals surface area contributed by atoms with E-state index in [0.29, 0.717) is 5.25 Å². The minimum Gasteiger partial charge on any atom is -0.370 e. The first kappa shape index (κ1) is 16.7. The normalized spacial score (nSPS) is 16.2. The number of para-hydroxylation sites is 1. The number of hydrogen-bond acceptors (Lipinski definition) is 3. The molecule has 1 atom stereocenters. The van der Waals surface area contributed by atoms with Crippen LogP contribution in [0.2, 0.25) is 0 Å². The Morgan fingerprint density at radius 3 is 2.68 bits per heavy atom. The van der Waals surface area contributed by atoms with Gasteiger partial charge in [-0.05, 0) is 31.9 Å². The van der Waals surface area contributed by atoms with Gasteiger partial charge >= 0.3 is 6.03 Å². The van der Waals surface area contributed by atoms with Gasteiger partial charge < -0.3 is 16.4 Å². The van der Waals surface area contributed by atoms with Crippen molar-refractivity contribution in [2.75, 3.05) is 5.32 Å². The van der Waals surface area contributed by atoms with Crippen molar-refractivity contribution < 1.29 is 9.59 Å². The molecule has 22 heavy (non-hydrogen) atoms. The molecule has 2 rings (SSSR count). The van der Waals surface area contributed by atoms with Gasteiger partial charge in [0.1, 0.15) is 0 Å². The summed E-state index contributed by atoms with van der Waals surface area (Å²) in [6.45, 7) is 1.75. The number of hydrogen-bond donors (Lipinski definition) is 3. The summed E-state index contributed by atoms with van der Waals surface area (Å²) >= 11 is 1.83. The van der Waals surface area contributed by atoms with Crippen LogP contribution in [-0.2, 0) is 4.79 Å². The van der Waals surface area contributed by atoms with Gasteiger partial charge in [-0.15, -0.1) is 11.8 Å². The summed E-state index contributed by atoms with van der Waals surface area (Å²) in [6.07, 6.45) is 5.18. The van der Waals surface area contributed by atoms with Crippen molar-refractivity contribution in [1.29, 1.82) is 0 Å². The van der Waals surface area contributed by atoms with Crippen LogP contribution in [0.25, 0.3) is 0 Å². The first-order chi connectivity index (χ1) is 10.5. The molecule has 0 heterocycles. The minimum absolute atomic E-state index is 0.131. The number of benzene rings is 1. The third-order valence-electron chi connectivity index (χ3n) is 3.62. The Bertz CT molecular complexity index is 530. The topological polar surface area (TPSA) is 84.2 Å². The first-order valence-electron chi connectivity index (χ1n) is 7.66. The van der Waals surface area contributed by atoms with Gasteiger partial charge in [0.15, 0.2) is 0 Å². The fourth-order valence-electron chi connectivity index (χ4n) is 2.59. The van der Waals surface area contributed by atoms with E-state index in [0.717, 1.165) is 10.6 Å². The van der Waals surface area contributed by atoms with Crippen molar-refractivity contribution in [3.8, 4) is 0 Å². The zero-order valence-electron chi connectivity index (χ0n) is 12.8. The van der Waals surface area contributed by atoms with Gasteiger partial charge in [0.05, 0.1) is 5.69 Å². The largest absolute Gasteiger partial charge is 0.370 e. The van der Waals surface area contributed by atoms with E-state index in [9.17, 15) is 9.59 Å². The molecular formula is C16H23N3O2S. The van der Waals surface area contributed by atoms with E-state index in [2.05, 4.69) is 10.6 Å². The van der Waals surface area contributed by atoms with E-state index < -0.39 is 5.91 Å². The summed E-state index contributed by atoms with van der Waals surface area (Å²) in [7, 11) is 0. The van der Waals surface area contributed by atoms with Gasteiger partial charge in [-0.2, -0.15) is 0 Å². The van der Waals surface area contributed by atoms with Crippen molar-refractivity contribution in [2.24, 2.45) is 5.73 Å². The Labute approximate surface area is 135 Å². The maximum absolute atomic E-state index is 12.0. The van der Waals surface area contributed by atoms with Crippen molar-refractivity contribution in [1.82, 2.24) is 5.32 Å². The van der Waals surface area contributed by atoms with Crippen LogP contribution < -0.4 is 16.4 Å². The summed E-state index contributed by atoms with van der Waals surface area (Å²) in [6, 6.07) is 7.22. The molecule has 1 saturated carbocycles. The highest BCUT2D eigenvalue weighted by Crippen LogP contribution is 2.37. The Morgan fingerprint density at radius 1 is 1.32 bits per heavy atom. The van der Waals surface area contributed by atoms with Crippen LogP contribution in [-0.4, -0.2) is 23.2 Å². The molecule has 0 aliphatic heterocycles. The van der Waals surface area contributed by atoms with Crippen LogP contribution in [0, 0.1) is 0 Å². The van der Waals surface area contributed by atoms with Crippen molar-refractivity contribution in [2.45, 2.75) is 55.2 Å². The van der Waals surface area contributed by atoms with E-state index in [1.807, 2.05) is 36.0 Å². The predicted molar refractivity (Wildman–Crippen MR) is 90.0 cm³/mol. The van der Waals surface area contributed by atoms with Gasteiger partial charge in [0, 0.05) is 22.6 Å². The monoisotopic (exact) mass is 321 g/mol. The molecule has 0 bridgehead atoms. The lowest BCUT2D eigenvalue weighted by Crippen LogP contribution is -2.38. The van der Waals surface area contributed by atoms with E-state index in [4.69, 9.17) is 5.73 Å². The second-order valence-corrected chi connectivity index (χ2v) is 7.03. The number of nitrogens with one attached hydrogen (secondary N) is 2. The number of thioether (sulfide) groups is 1. The summed E-state index contributed by atoms with van der Waals surface area (Å²) in [4.78, 5) is 23.9. The maximum Gasteiger partial charge on any atom is 0.319 e. The fourth-order valence-corrected chi connectivity index (χ4v) is 3.92. The van der Waals surface area contributed by atoms with E-state index in [1.54, 1.807) is 6.92 Å². The lowest BCUT2D eigenvalue weighted by molar-refractivity contribution is -0.118. The second-order valence-electron chi connectivity index (χ2n) is 5.69. The maximum atomic E-state index is 12.0. The highest BCUT2D eigenvalue weighted by Gasteiger charge is 2.18. The third-order valence-corrected chi connectivity index (χ3v) is 5.03. The van der Waals surface area contributed by atoms with Crippen LogP contribution in [0.4, 0.5) is 10.5 Å². The Hall–Kier alpha value is -1.69. The Morgan fingerprint density at radius 2 is 2.00 bits per heavy atom. The molecule has 6 heteroatoms. The average Bonchev–Trinajstić information content (AvgIpc) is 2.92. The lowest BCUT2D eigenvalue weighted by atomic mass is 10.2. The van der Waals surface area contributed by atoms with E-state index in [-0.39, 0.29) is 18.5 Å². The van der Waals surface area contributed by atoms with Crippen LogP contribution in [0.5, 0.6) is 0 Å². The second kappa shape index (κ2) is 8.08. The molecule has 5 nitrogen and oxygen atoms in total. The molecule has 0 aromatic heterocycles. The minimum atomic E-state index is -0.426. The van der Waals surface area contributed by atoms with Crippen molar-refractivity contribution in [3.63, 3.8) is 0 Å². The molecule has 0 spiro atoms. The standard InChI is InChI=1S/C16H23N3O2S/c1-11(10-15(17)20)18-16(21)19-13-8-4-5-9-14(13)22-12-6-2-3-7-12/h4-5,8-9,11-12H,2-3,6-7,10H2,1H3,(H2,17,20)(H2,18,19,21). The molecule has 0 saturated heterocycles. The molecule has 1 aliphatic rings. The lowest BCUT2D eigenvalue weighted by Gasteiger charge is -2.16. The molecule has 1 aromatic carbocycles. The van der Waals surface area contributed by atoms with Gasteiger partial charge in [-0.1, -0.05) is 25.0 Å². The molecular weight excluding hydrogens is 298 g/mol. The van der Waals surface area contributed by atoms with Crippen LogP contribution in [0.1, 0.15) is 39.0 Å². The van der Waals surface area contributed by atoms with Crippen LogP contribution >= 0.6 is 11.8 Å². The SMILES string of the molecule is CC(CC(N)=O)NC(=O)Nc1ccccc1SC1CCCC1. The van der Waals surface area contributed by atoms with E-state index in [1.165, 1.54) is 25.7 Å². The summed E-state index contributed by atoms with van der Waals surface area (Å²) < 4.78 is 0. The van der Waals surface area contributed by atoms with Gasteiger partial charge in [-0.3, -0.25) is 4.79 Å². The van der Waals surface area contributed by atoms with Gasteiger partial charge in [0.2, 0.25) is 5.91 Å². The Kier molecular flexibility index (Phi) is 6.12. The molecule has 3 amide bonds. The number of nitrogens with two attached hydrogens (primary N) is 1. The average molecular weight is 321 g/mol. The molecule has 4 N–H and O–H groups in total. The number of anilines is 1. The molecule has 1 unspecified atom stereocenters. The van der Waals surface area contributed by atoms with Crippen molar-refractivity contribution >= 4 is 29.4 Å². The zero-order valence-corrected chi connectivity index (χ0v) is 13.6. The van der Waals surface area contributed by atoms with Gasteiger partial charge in [0.25, 0.3) is 0 Å². The highest BCUT2D eigenvalue weighted by molar-refractivity contribution is 8.00. The summed E-state index contributed by atoms with van der Waals surface area (Å²) in [5.41, 5.74) is 5.93. The quantitative estimate of drug-likeness (QED) is 0.752. The van der Waals surface area contributed by atoms with E-state index >= 15 is 0 Å². The van der Waals surface area contributed by atoms with Crippen LogP contribution in [0.15, 0.2) is 29.2 Å². The summed E-state index contributed by atoms with van der Waals surface area (Å²) in [5.74, 6) is -0.426. The fraction of sp³-hybridized carbons (Fsp3) is 0.500. The van der Waals surface area contributed by atoms with Gasteiger partial charge in [-0.25, -0.2) is 4.79 Å². The number of urea groups is 1. The third kappa shape index (κ3) is 5.26. The Balaban J connectivity index is 1.93. The first-order valence-corrected chi connectivity index (χ1v) is 8.54. The van der Waals surface area contributed by atoms with Crippen molar-refractivity contribution in [3.05, 3.63) is 24.3 Å².